The largest absolute Gasteiger partial charge is 0.207 e. The summed E-state index contributed by atoms with van der Waals surface area (Å²) in [7, 11) is 0. The van der Waals surface area contributed by atoms with Gasteiger partial charge in [-0.3, -0.25) is 0 Å². The summed E-state index contributed by atoms with van der Waals surface area (Å²) in [6.45, 7) is 4.35. The molecule has 1 aliphatic rings. The smallest absolute Gasteiger partial charge is 0.127 e. The molecule has 2 heteroatoms. The molecule has 1 heterocycles. The van der Waals surface area contributed by atoms with Crippen LogP contribution in [0.1, 0.15) is 36.5 Å². The van der Waals surface area contributed by atoms with Gasteiger partial charge in [0.25, 0.3) is 0 Å². The Morgan fingerprint density at radius 1 is 1.11 bits per heavy atom. The number of hydrogen-bond acceptors (Lipinski definition) is 1. The fourth-order valence-electron chi connectivity index (χ4n) is 2.93. The second-order valence-electron chi connectivity index (χ2n) is 5.36. The lowest BCUT2D eigenvalue weighted by atomic mass is 9.80. The molecular weight excluding hydrogens is 255 g/mol. The first-order valence-electron chi connectivity index (χ1n) is 6.67. The maximum Gasteiger partial charge on any atom is 0.127 e. The van der Waals surface area contributed by atoms with E-state index in [-0.39, 0.29) is 11.7 Å². The van der Waals surface area contributed by atoms with E-state index >= 15 is 0 Å². The normalized spacial score (nSPS) is 17.8. The maximum atomic E-state index is 14.3. The highest BCUT2D eigenvalue weighted by Gasteiger charge is 2.28. The third-order valence-electron chi connectivity index (χ3n) is 3.76. The van der Waals surface area contributed by atoms with E-state index in [1.54, 1.807) is 6.07 Å². The van der Waals surface area contributed by atoms with E-state index < -0.39 is 0 Å². The van der Waals surface area contributed by atoms with Gasteiger partial charge in [0.1, 0.15) is 5.82 Å². The van der Waals surface area contributed by atoms with Gasteiger partial charge in [-0.1, -0.05) is 44.2 Å². The third-order valence-corrected chi connectivity index (χ3v) is 4.90. The summed E-state index contributed by atoms with van der Waals surface area (Å²) in [5.74, 6) is 1.33. The number of halogens is 1. The fraction of sp³-hybridized carbons (Fsp3) is 0.294. The van der Waals surface area contributed by atoms with E-state index in [9.17, 15) is 4.39 Å². The minimum absolute atomic E-state index is 0.0616. The van der Waals surface area contributed by atoms with Gasteiger partial charge in [-0.05, 0) is 34.7 Å². The van der Waals surface area contributed by atoms with Gasteiger partial charge >= 0.3 is 0 Å². The van der Waals surface area contributed by atoms with Crippen LogP contribution >= 0.6 is 11.8 Å². The lowest BCUT2D eigenvalue weighted by Gasteiger charge is -2.24. The highest BCUT2D eigenvalue weighted by molar-refractivity contribution is 7.98. The van der Waals surface area contributed by atoms with Crippen molar-refractivity contribution in [3.8, 4) is 0 Å². The monoisotopic (exact) mass is 272 g/mol. The molecule has 98 valence electrons. The van der Waals surface area contributed by atoms with Crippen LogP contribution in [0, 0.1) is 11.7 Å². The van der Waals surface area contributed by atoms with E-state index in [0.717, 1.165) is 16.9 Å². The molecular formula is C17H17FS. The van der Waals surface area contributed by atoms with Crippen molar-refractivity contribution in [2.45, 2.75) is 30.4 Å². The minimum Gasteiger partial charge on any atom is -0.207 e. The van der Waals surface area contributed by atoms with Gasteiger partial charge in [-0.2, -0.15) is 0 Å². The minimum atomic E-state index is -0.0616. The van der Waals surface area contributed by atoms with Crippen molar-refractivity contribution >= 4 is 11.8 Å². The van der Waals surface area contributed by atoms with Crippen LogP contribution in [0.15, 0.2) is 47.4 Å². The second-order valence-corrected chi connectivity index (χ2v) is 6.38. The van der Waals surface area contributed by atoms with E-state index in [1.807, 2.05) is 17.8 Å². The summed E-state index contributed by atoms with van der Waals surface area (Å²) in [5.41, 5.74) is 3.31. The van der Waals surface area contributed by atoms with Crippen molar-refractivity contribution in [1.29, 1.82) is 0 Å². The molecule has 1 atom stereocenters. The Balaban J connectivity index is 2.26. The van der Waals surface area contributed by atoms with Crippen molar-refractivity contribution < 1.29 is 4.39 Å². The highest BCUT2D eigenvalue weighted by atomic mass is 32.2. The molecule has 1 unspecified atom stereocenters. The van der Waals surface area contributed by atoms with Crippen LogP contribution in [0.3, 0.4) is 0 Å². The third kappa shape index (κ3) is 2.18. The number of hydrogen-bond donors (Lipinski definition) is 0. The van der Waals surface area contributed by atoms with Gasteiger partial charge in [-0.25, -0.2) is 4.39 Å². The molecule has 0 spiro atoms. The maximum absolute atomic E-state index is 14.3. The molecule has 2 aromatic rings. The van der Waals surface area contributed by atoms with Crippen LogP contribution in [0.2, 0.25) is 0 Å². The summed E-state index contributed by atoms with van der Waals surface area (Å²) in [4.78, 5) is 1.29. The van der Waals surface area contributed by atoms with E-state index in [4.69, 9.17) is 0 Å². The molecule has 0 radical (unpaired) electrons. The Morgan fingerprint density at radius 2 is 1.89 bits per heavy atom. The molecule has 0 fully saturated rings. The molecule has 0 nitrogen and oxygen atoms in total. The van der Waals surface area contributed by atoms with E-state index in [1.165, 1.54) is 10.5 Å². The Morgan fingerprint density at radius 3 is 2.68 bits per heavy atom. The summed E-state index contributed by atoms with van der Waals surface area (Å²) >= 11 is 1.82. The zero-order chi connectivity index (χ0) is 13.4. The molecule has 3 rings (SSSR count). The standard InChI is InChI=1S/C17H17FS/c1-11(2)16-13-7-3-4-9-15(13)19-10-12-6-5-8-14(18)17(12)16/h3-9,11,16H,10H2,1-2H3. The van der Waals surface area contributed by atoms with Crippen LogP contribution in [0.4, 0.5) is 4.39 Å². The van der Waals surface area contributed by atoms with Crippen molar-refractivity contribution in [1.82, 2.24) is 0 Å². The fourth-order valence-corrected chi connectivity index (χ4v) is 4.03. The van der Waals surface area contributed by atoms with Crippen molar-refractivity contribution in [3.05, 3.63) is 65.0 Å². The molecule has 0 amide bonds. The molecule has 0 aliphatic carbocycles. The quantitative estimate of drug-likeness (QED) is 0.686. The number of thioether (sulfide) groups is 1. The number of rotatable bonds is 1. The van der Waals surface area contributed by atoms with Gasteiger partial charge in [0.15, 0.2) is 0 Å². The van der Waals surface area contributed by atoms with Gasteiger partial charge in [-0.15, -0.1) is 11.8 Å². The van der Waals surface area contributed by atoms with Crippen LogP contribution < -0.4 is 0 Å². The van der Waals surface area contributed by atoms with Crippen molar-refractivity contribution in [2.75, 3.05) is 0 Å². The highest BCUT2D eigenvalue weighted by Crippen LogP contribution is 2.44. The lowest BCUT2D eigenvalue weighted by Crippen LogP contribution is -2.12. The van der Waals surface area contributed by atoms with Gasteiger partial charge in [0.05, 0.1) is 0 Å². The van der Waals surface area contributed by atoms with Gasteiger partial charge in [0, 0.05) is 16.6 Å². The molecule has 2 aromatic carbocycles. The topological polar surface area (TPSA) is 0 Å². The number of benzene rings is 2. The predicted molar refractivity (Wildman–Crippen MR) is 79.1 cm³/mol. The summed E-state index contributed by atoms with van der Waals surface area (Å²) < 4.78 is 14.3. The average molecular weight is 272 g/mol. The van der Waals surface area contributed by atoms with Gasteiger partial charge in [0.2, 0.25) is 0 Å². The Kier molecular flexibility index (Phi) is 3.36. The van der Waals surface area contributed by atoms with Crippen LogP contribution in [0.25, 0.3) is 0 Å². The molecule has 0 saturated carbocycles. The zero-order valence-corrected chi connectivity index (χ0v) is 12.0. The van der Waals surface area contributed by atoms with Crippen LogP contribution in [-0.2, 0) is 5.75 Å². The number of fused-ring (bicyclic) bond motifs is 2. The summed E-state index contributed by atoms with van der Waals surface area (Å²) in [6, 6.07) is 13.9. The summed E-state index contributed by atoms with van der Waals surface area (Å²) in [6.07, 6.45) is 0. The summed E-state index contributed by atoms with van der Waals surface area (Å²) in [5, 5.41) is 0. The molecule has 0 N–H and O–H groups in total. The Bertz CT molecular complexity index is 604. The lowest BCUT2D eigenvalue weighted by molar-refractivity contribution is 0.517. The van der Waals surface area contributed by atoms with E-state index in [0.29, 0.717) is 5.92 Å². The van der Waals surface area contributed by atoms with E-state index in [2.05, 4.69) is 44.2 Å². The average Bonchev–Trinajstić information content (AvgIpc) is 2.56. The molecule has 1 aliphatic heterocycles. The first-order chi connectivity index (χ1) is 9.18. The molecule has 0 aromatic heterocycles. The second kappa shape index (κ2) is 5.01. The predicted octanol–water partition coefficient (Wildman–Crippen LogP) is 5.22. The Hall–Kier alpha value is -1.28. The SMILES string of the molecule is CC(C)C1c2ccccc2SCc2cccc(F)c21. The van der Waals surface area contributed by atoms with Crippen molar-refractivity contribution in [3.63, 3.8) is 0 Å². The first kappa shape index (κ1) is 12.7. The zero-order valence-electron chi connectivity index (χ0n) is 11.2. The Labute approximate surface area is 118 Å². The van der Waals surface area contributed by atoms with Crippen LogP contribution in [-0.4, -0.2) is 0 Å². The van der Waals surface area contributed by atoms with Crippen molar-refractivity contribution in [2.24, 2.45) is 5.92 Å². The molecule has 0 saturated heterocycles. The van der Waals surface area contributed by atoms with Gasteiger partial charge < -0.3 is 0 Å². The molecule has 19 heavy (non-hydrogen) atoms. The molecule has 0 bridgehead atoms. The van der Waals surface area contributed by atoms with Crippen LogP contribution in [0.5, 0.6) is 0 Å². The first-order valence-corrected chi connectivity index (χ1v) is 7.66.